The summed E-state index contributed by atoms with van der Waals surface area (Å²) in [6.07, 6.45) is -0.241. The summed E-state index contributed by atoms with van der Waals surface area (Å²) in [5, 5.41) is 0. The van der Waals surface area contributed by atoms with Gasteiger partial charge >= 0.3 is 5.69 Å². The SMILES string of the molecule is C=CCOC1C[C@H](n2ccc(N)nc2=O)O[C@@H]1COP(=O)([O-])OP(=O)([O-])OP(=O)([O-])[O-]. The Hall–Kier alpha value is -1.25. The maximum Gasteiger partial charge on any atom is 0.351 e. The Morgan fingerprint density at radius 3 is 2.52 bits per heavy atom. The summed E-state index contributed by atoms with van der Waals surface area (Å²) in [7, 11) is -17.9. The van der Waals surface area contributed by atoms with Crippen LogP contribution in [-0.4, -0.2) is 35.0 Å². The standard InChI is InChI=1S/C12H20N3O13P3/c1-2-5-24-8-6-11(15-4-3-10(13)14-12(15)16)26-9(8)7-25-30(20,21)28-31(22,23)27-29(17,18)19/h2-4,8-9,11H,1,5-7H2,(H,20,21)(H,22,23)(H2,13,14,16)(H2,17,18,19)/p-4/t8?,9-,11-/m1/s1. The number of nitrogens with zero attached hydrogens (tertiary/aromatic N) is 2. The third-order valence-corrected chi connectivity index (χ3v) is 7.23. The number of nitrogens with two attached hydrogens (primary N) is 1. The molecular weight excluding hydrogens is 487 g/mol. The molecule has 0 spiro atoms. The second-order valence-corrected chi connectivity index (χ2v) is 10.1. The molecule has 176 valence electrons. The van der Waals surface area contributed by atoms with E-state index < -0.39 is 54.2 Å². The molecule has 0 aliphatic carbocycles. The largest absolute Gasteiger partial charge is 0.790 e. The second kappa shape index (κ2) is 10.1. The van der Waals surface area contributed by atoms with Gasteiger partial charge in [-0.05, 0) is 6.07 Å². The second-order valence-electron chi connectivity index (χ2n) is 5.87. The van der Waals surface area contributed by atoms with Crippen molar-refractivity contribution in [2.45, 2.75) is 24.9 Å². The molecule has 1 aromatic heterocycles. The monoisotopic (exact) mass is 503 g/mol. The van der Waals surface area contributed by atoms with Crippen molar-refractivity contribution in [2.24, 2.45) is 0 Å². The normalized spacial score (nSPS) is 25.6. The fourth-order valence-corrected chi connectivity index (χ4v) is 5.35. The number of hydrogen-bond donors (Lipinski definition) is 1. The van der Waals surface area contributed by atoms with Crippen LogP contribution in [0.2, 0.25) is 0 Å². The topological polar surface area (TPSA) is 251 Å². The third-order valence-electron chi connectivity index (χ3n) is 3.57. The summed E-state index contributed by atoms with van der Waals surface area (Å²) in [6, 6.07) is 1.32. The third kappa shape index (κ3) is 8.31. The number of hydrogen-bond acceptors (Lipinski definition) is 15. The average Bonchev–Trinajstić information content (AvgIpc) is 2.97. The predicted octanol–water partition coefficient (Wildman–Crippen LogP) is -2.50. The summed E-state index contributed by atoms with van der Waals surface area (Å²) in [5.74, 6) is -0.0343. The van der Waals surface area contributed by atoms with Crippen molar-refractivity contribution in [1.82, 2.24) is 9.55 Å². The number of anilines is 1. The Bertz CT molecular complexity index is 993. The summed E-state index contributed by atoms with van der Waals surface area (Å²) in [5.41, 5.74) is 4.66. The van der Waals surface area contributed by atoms with Crippen LogP contribution in [0.3, 0.4) is 0 Å². The number of phosphoric ester groups is 1. The minimum Gasteiger partial charge on any atom is -0.790 e. The summed E-state index contributed by atoms with van der Waals surface area (Å²) >= 11 is 0. The van der Waals surface area contributed by atoms with Crippen LogP contribution in [0.1, 0.15) is 12.6 Å². The molecule has 0 saturated carbocycles. The molecule has 2 rings (SSSR count). The zero-order valence-corrected chi connectivity index (χ0v) is 18.1. The summed E-state index contributed by atoms with van der Waals surface area (Å²) in [6.45, 7) is 2.62. The van der Waals surface area contributed by atoms with Crippen molar-refractivity contribution < 1.29 is 55.9 Å². The van der Waals surface area contributed by atoms with E-state index in [1.807, 2.05) is 0 Å². The Kier molecular flexibility index (Phi) is 8.50. The highest BCUT2D eigenvalue weighted by Crippen LogP contribution is 2.60. The number of nitrogen functional groups attached to an aromatic ring is 1. The smallest absolute Gasteiger partial charge is 0.351 e. The zero-order valence-electron chi connectivity index (χ0n) is 15.4. The number of ether oxygens (including phenoxy) is 2. The molecule has 0 bridgehead atoms. The molecule has 0 radical (unpaired) electrons. The number of phosphoric acid groups is 3. The van der Waals surface area contributed by atoms with Gasteiger partial charge in [0.25, 0.3) is 15.6 Å². The molecule has 19 heteroatoms. The summed E-state index contributed by atoms with van der Waals surface area (Å²) in [4.78, 5) is 59.1. The fraction of sp³-hybridized carbons (Fsp3) is 0.500. The first-order valence-electron chi connectivity index (χ1n) is 8.15. The predicted molar refractivity (Wildman–Crippen MR) is 92.3 cm³/mol. The first kappa shape index (κ1) is 26.0. The average molecular weight is 503 g/mol. The van der Waals surface area contributed by atoms with Crippen molar-refractivity contribution in [3.8, 4) is 0 Å². The van der Waals surface area contributed by atoms with E-state index in [1.165, 1.54) is 18.3 Å². The molecular formula is C12H16N3O13P3-4. The minimum absolute atomic E-state index is 0.0174. The van der Waals surface area contributed by atoms with Crippen LogP contribution in [0.5, 0.6) is 0 Å². The first-order valence-corrected chi connectivity index (χ1v) is 12.5. The molecule has 1 fully saturated rings. The molecule has 2 N–H and O–H groups in total. The van der Waals surface area contributed by atoms with E-state index >= 15 is 0 Å². The van der Waals surface area contributed by atoms with Crippen molar-refractivity contribution in [1.29, 1.82) is 0 Å². The van der Waals surface area contributed by atoms with Gasteiger partial charge in [-0.1, -0.05) is 6.08 Å². The Balaban J connectivity index is 2.09. The molecule has 16 nitrogen and oxygen atoms in total. The van der Waals surface area contributed by atoms with Crippen LogP contribution in [0.4, 0.5) is 5.82 Å². The molecule has 0 amide bonds. The van der Waals surface area contributed by atoms with E-state index in [4.69, 9.17) is 15.2 Å². The van der Waals surface area contributed by atoms with Gasteiger partial charge in [0.05, 0.1) is 27.1 Å². The maximum atomic E-state index is 12.0. The van der Waals surface area contributed by atoms with Crippen LogP contribution in [0.25, 0.3) is 0 Å². The highest BCUT2D eigenvalue weighted by atomic mass is 31.3. The molecule has 1 aliphatic heterocycles. The van der Waals surface area contributed by atoms with Gasteiger partial charge in [-0.2, -0.15) is 4.98 Å². The molecule has 1 aliphatic rings. The Morgan fingerprint density at radius 1 is 1.26 bits per heavy atom. The number of aromatic nitrogens is 2. The lowest BCUT2D eigenvalue weighted by Crippen LogP contribution is -2.30. The van der Waals surface area contributed by atoms with Gasteiger partial charge in [0.2, 0.25) is 0 Å². The van der Waals surface area contributed by atoms with E-state index in [9.17, 15) is 38.1 Å². The van der Waals surface area contributed by atoms with E-state index in [2.05, 4.69) is 24.7 Å². The van der Waals surface area contributed by atoms with Gasteiger partial charge < -0.3 is 43.9 Å². The van der Waals surface area contributed by atoms with Gasteiger partial charge in [-0.25, -0.2) is 9.11 Å². The lowest BCUT2D eigenvalue weighted by Gasteiger charge is -2.37. The minimum atomic E-state index is -6.10. The van der Waals surface area contributed by atoms with Crippen LogP contribution < -0.4 is 31.0 Å². The van der Waals surface area contributed by atoms with Crippen LogP contribution in [0.15, 0.2) is 29.7 Å². The van der Waals surface area contributed by atoms with Crippen LogP contribution in [0, 0.1) is 0 Å². The van der Waals surface area contributed by atoms with Crippen LogP contribution >= 0.6 is 23.5 Å². The summed E-state index contributed by atoms with van der Waals surface area (Å²) < 4.78 is 56.2. The van der Waals surface area contributed by atoms with Gasteiger partial charge in [0.1, 0.15) is 18.1 Å². The van der Waals surface area contributed by atoms with E-state index in [-0.39, 0.29) is 18.8 Å². The van der Waals surface area contributed by atoms with E-state index in [0.717, 1.165) is 4.57 Å². The highest BCUT2D eigenvalue weighted by molar-refractivity contribution is 7.64. The molecule has 5 atom stereocenters. The van der Waals surface area contributed by atoms with Crippen LogP contribution in [-0.2, 0) is 36.3 Å². The fourth-order valence-electron chi connectivity index (χ4n) is 2.48. The molecule has 31 heavy (non-hydrogen) atoms. The maximum absolute atomic E-state index is 12.0. The van der Waals surface area contributed by atoms with Gasteiger partial charge in [0.15, 0.2) is 0 Å². The number of rotatable bonds is 11. The lowest BCUT2D eigenvalue weighted by atomic mass is 10.2. The molecule has 2 heterocycles. The Morgan fingerprint density at radius 2 is 1.94 bits per heavy atom. The molecule has 1 saturated heterocycles. The molecule has 0 aromatic carbocycles. The van der Waals surface area contributed by atoms with Gasteiger partial charge in [-0.15, -0.1) is 6.58 Å². The van der Waals surface area contributed by atoms with Crippen molar-refractivity contribution >= 4 is 29.3 Å². The van der Waals surface area contributed by atoms with Crippen molar-refractivity contribution in [3.63, 3.8) is 0 Å². The van der Waals surface area contributed by atoms with Gasteiger partial charge in [0, 0.05) is 12.6 Å². The molecule has 1 aromatic rings. The Labute approximate surface area is 174 Å². The quantitative estimate of drug-likeness (QED) is 0.242. The van der Waals surface area contributed by atoms with Gasteiger partial charge in [-0.3, -0.25) is 18.0 Å². The molecule has 3 unspecified atom stereocenters. The zero-order chi connectivity index (χ0) is 23.4. The van der Waals surface area contributed by atoms with Crippen molar-refractivity contribution in [3.05, 3.63) is 35.4 Å². The van der Waals surface area contributed by atoms with Crippen molar-refractivity contribution in [2.75, 3.05) is 18.9 Å². The first-order chi connectivity index (χ1) is 14.2. The van der Waals surface area contributed by atoms with E-state index in [0.29, 0.717) is 0 Å². The highest BCUT2D eigenvalue weighted by Gasteiger charge is 2.38. The lowest BCUT2D eigenvalue weighted by molar-refractivity contribution is -0.339. The van der Waals surface area contributed by atoms with E-state index in [1.54, 1.807) is 0 Å².